The number of imide groups is 1. The van der Waals surface area contributed by atoms with Gasteiger partial charge in [0.1, 0.15) is 6.61 Å². The van der Waals surface area contributed by atoms with Crippen LogP contribution >= 0.6 is 0 Å². The van der Waals surface area contributed by atoms with Gasteiger partial charge in [-0.2, -0.15) is 0 Å². The summed E-state index contributed by atoms with van der Waals surface area (Å²) >= 11 is 0. The van der Waals surface area contributed by atoms with Crippen molar-refractivity contribution in [2.24, 2.45) is 0 Å². The summed E-state index contributed by atoms with van der Waals surface area (Å²) in [6, 6.07) is 24.0. The Morgan fingerprint density at radius 2 is 1.47 bits per heavy atom. The van der Waals surface area contributed by atoms with Crippen LogP contribution in [0.5, 0.6) is 0 Å². The Bertz CT molecular complexity index is 1440. The number of hydrogen-bond acceptors (Lipinski definition) is 6. The van der Waals surface area contributed by atoms with Crippen molar-refractivity contribution in [3.8, 4) is 11.1 Å². The van der Waals surface area contributed by atoms with Gasteiger partial charge in [0.05, 0.1) is 24.2 Å². The first-order valence-electron chi connectivity index (χ1n) is 12.4. The summed E-state index contributed by atoms with van der Waals surface area (Å²) in [5.74, 6) is -1.28. The lowest BCUT2D eigenvalue weighted by Gasteiger charge is -2.25. The number of rotatable bonds is 6. The zero-order valence-electron chi connectivity index (χ0n) is 21.0. The maximum absolute atomic E-state index is 13.0. The van der Waals surface area contributed by atoms with Crippen molar-refractivity contribution >= 4 is 17.7 Å². The van der Waals surface area contributed by atoms with Crippen LogP contribution in [0.1, 0.15) is 44.9 Å². The van der Waals surface area contributed by atoms with E-state index in [1.54, 1.807) is 50.2 Å². The first-order valence-corrected chi connectivity index (χ1v) is 12.4. The molecule has 8 heteroatoms. The minimum absolute atomic E-state index is 0.0808. The summed E-state index contributed by atoms with van der Waals surface area (Å²) in [5, 5.41) is 2.94. The molecule has 3 aromatic rings. The number of amides is 3. The van der Waals surface area contributed by atoms with Crippen LogP contribution in [0, 0.1) is 0 Å². The summed E-state index contributed by atoms with van der Waals surface area (Å²) in [7, 11) is 0. The number of ether oxygens (including phenoxy) is 3. The van der Waals surface area contributed by atoms with E-state index < -0.39 is 11.4 Å². The second-order valence-electron chi connectivity index (χ2n) is 10.0. The molecular formula is C30H26N2O6. The van der Waals surface area contributed by atoms with Crippen LogP contribution in [0.3, 0.4) is 0 Å². The zero-order valence-corrected chi connectivity index (χ0v) is 21.0. The van der Waals surface area contributed by atoms with Crippen LogP contribution in [0.2, 0.25) is 0 Å². The Kier molecular flexibility index (Phi) is 5.57. The molecule has 1 fully saturated rings. The van der Waals surface area contributed by atoms with Gasteiger partial charge in [-0.3, -0.25) is 19.3 Å². The quantitative estimate of drug-likeness (QED) is 0.501. The predicted molar refractivity (Wildman–Crippen MR) is 138 cm³/mol. The van der Waals surface area contributed by atoms with Gasteiger partial charge in [0.25, 0.3) is 17.7 Å². The fourth-order valence-corrected chi connectivity index (χ4v) is 5.13. The number of fused-ring (bicyclic) bond motifs is 2. The molecule has 3 aliphatic heterocycles. The number of benzene rings is 3. The largest absolute Gasteiger partial charge is 0.489 e. The zero-order chi connectivity index (χ0) is 26.5. The van der Waals surface area contributed by atoms with Crippen LogP contribution in [0.25, 0.3) is 11.1 Å². The number of carbonyl (C=O) groups excluding carboxylic acids is 3. The highest BCUT2D eigenvalue weighted by Crippen LogP contribution is 2.45. The van der Waals surface area contributed by atoms with Crippen molar-refractivity contribution in [1.82, 2.24) is 10.2 Å². The minimum Gasteiger partial charge on any atom is -0.489 e. The first kappa shape index (κ1) is 23.9. The normalized spacial score (nSPS) is 21.2. The average molecular weight is 511 g/mol. The van der Waals surface area contributed by atoms with Crippen molar-refractivity contribution in [1.29, 1.82) is 0 Å². The van der Waals surface area contributed by atoms with E-state index in [0.29, 0.717) is 28.2 Å². The Balaban J connectivity index is 1.19. The van der Waals surface area contributed by atoms with Gasteiger partial charge in [-0.05, 0) is 35.4 Å². The first-order chi connectivity index (χ1) is 18.3. The smallest absolute Gasteiger partial charge is 0.261 e. The fraction of sp³-hybridized carbons (Fsp3) is 0.233. The van der Waals surface area contributed by atoms with E-state index in [4.69, 9.17) is 14.2 Å². The third-order valence-corrected chi connectivity index (χ3v) is 6.90. The van der Waals surface area contributed by atoms with E-state index in [1.165, 1.54) is 0 Å². The Morgan fingerprint density at radius 3 is 2.13 bits per heavy atom. The molecule has 3 amide bonds. The summed E-state index contributed by atoms with van der Waals surface area (Å²) in [4.78, 5) is 39.9. The molecule has 0 aliphatic carbocycles. The highest BCUT2D eigenvalue weighted by atomic mass is 16.8. The fourth-order valence-electron chi connectivity index (χ4n) is 5.13. The molecule has 1 saturated heterocycles. The molecule has 0 spiro atoms. The molecule has 0 radical (unpaired) electrons. The SMILES string of the molecule is CC1(C)OC2=C(CN3C(=O)c4ccccc4C3=O)OC[C@]2(CNC(=O)c2ccc(-c3ccccc3)cc2)O1. The maximum Gasteiger partial charge on any atom is 0.261 e. The number of nitrogens with one attached hydrogen (secondary N) is 1. The van der Waals surface area contributed by atoms with Gasteiger partial charge in [-0.25, -0.2) is 0 Å². The highest BCUT2D eigenvalue weighted by molar-refractivity contribution is 6.21. The second kappa shape index (κ2) is 8.85. The minimum atomic E-state index is -1.07. The molecule has 192 valence electrons. The van der Waals surface area contributed by atoms with Crippen molar-refractivity contribution in [3.63, 3.8) is 0 Å². The van der Waals surface area contributed by atoms with Gasteiger partial charge in [-0.15, -0.1) is 0 Å². The predicted octanol–water partition coefficient (Wildman–Crippen LogP) is 4.14. The standard InChI is InChI=1S/C30H26N2O6/c1-29(2)37-25-24(16-32-27(34)22-10-6-7-11-23(22)28(32)35)36-18-30(25,38-29)17-31-26(33)21-14-12-20(13-15-21)19-8-4-3-5-9-19/h3-15H,16-18H2,1-2H3,(H,31,33)/t30-/m0/s1. The van der Waals surface area contributed by atoms with E-state index >= 15 is 0 Å². The third kappa shape index (κ3) is 4.03. The summed E-state index contributed by atoms with van der Waals surface area (Å²) in [6.07, 6.45) is 0. The Labute approximate surface area is 219 Å². The molecule has 0 saturated carbocycles. The van der Waals surface area contributed by atoms with Gasteiger partial charge >= 0.3 is 0 Å². The molecule has 0 unspecified atom stereocenters. The van der Waals surface area contributed by atoms with Gasteiger partial charge < -0.3 is 19.5 Å². The molecule has 6 rings (SSSR count). The highest BCUT2D eigenvalue weighted by Gasteiger charge is 2.57. The van der Waals surface area contributed by atoms with Crippen molar-refractivity contribution < 1.29 is 28.6 Å². The average Bonchev–Trinajstić information content (AvgIpc) is 3.48. The maximum atomic E-state index is 13.0. The molecular weight excluding hydrogens is 484 g/mol. The van der Waals surface area contributed by atoms with Crippen molar-refractivity contribution in [2.75, 3.05) is 19.7 Å². The van der Waals surface area contributed by atoms with E-state index in [1.807, 2.05) is 42.5 Å². The van der Waals surface area contributed by atoms with E-state index in [-0.39, 0.29) is 37.4 Å². The number of carbonyl (C=O) groups is 3. The Morgan fingerprint density at radius 1 is 0.868 bits per heavy atom. The summed E-state index contributed by atoms with van der Waals surface area (Å²) < 4.78 is 18.2. The molecule has 3 heterocycles. The lowest BCUT2D eigenvalue weighted by molar-refractivity contribution is -0.170. The lowest BCUT2D eigenvalue weighted by Crippen LogP contribution is -2.46. The lowest BCUT2D eigenvalue weighted by atomic mass is 10.0. The molecule has 3 aromatic carbocycles. The second-order valence-corrected chi connectivity index (χ2v) is 10.0. The molecule has 0 bridgehead atoms. The summed E-state index contributed by atoms with van der Waals surface area (Å²) in [6.45, 7) is 3.62. The van der Waals surface area contributed by atoms with Crippen LogP contribution in [0.15, 0.2) is 90.4 Å². The van der Waals surface area contributed by atoms with E-state index in [0.717, 1.165) is 16.0 Å². The van der Waals surface area contributed by atoms with Crippen molar-refractivity contribution in [3.05, 3.63) is 107 Å². The van der Waals surface area contributed by atoms with Crippen LogP contribution in [0.4, 0.5) is 0 Å². The molecule has 1 atom stereocenters. The monoisotopic (exact) mass is 510 g/mol. The van der Waals surface area contributed by atoms with Crippen LogP contribution in [-0.4, -0.2) is 53.7 Å². The molecule has 3 aliphatic rings. The van der Waals surface area contributed by atoms with Gasteiger partial charge in [0.15, 0.2) is 17.1 Å². The van der Waals surface area contributed by atoms with E-state index in [9.17, 15) is 14.4 Å². The van der Waals surface area contributed by atoms with Crippen molar-refractivity contribution in [2.45, 2.75) is 25.2 Å². The topological polar surface area (TPSA) is 94.2 Å². The molecule has 38 heavy (non-hydrogen) atoms. The van der Waals surface area contributed by atoms with Gasteiger partial charge in [0, 0.05) is 19.4 Å². The molecule has 8 nitrogen and oxygen atoms in total. The van der Waals surface area contributed by atoms with Gasteiger partial charge in [-0.1, -0.05) is 54.6 Å². The van der Waals surface area contributed by atoms with Crippen LogP contribution in [-0.2, 0) is 14.2 Å². The van der Waals surface area contributed by atoms with E-state index in [2.05, 4.69) is 5.32 Å². The molecule has 0 aromatic heterocycles. The molecule has 1 N–H and O–H groups in total. The number of nitrogens with zero attached hydrogens (tertiary/aromatic N) is 1. The van der Waals surface area contributed by atoms with Gasteiger partial charge in [0.2, 0.25) is 5.79 Å². The number of hydrogen-bond donors (Lipinski definition) is 1. The summed E-state index contributed by atoms with van der Waals surface area (Å²) in [5.41, 5.74) is 2.25. The van der Waals surface area contributed by atoms with Crippen LogP contribution < -0.4 is 5.32 Å². The third-order valence-electron chi connectivity index (χ3n) is 6.90. The Hall–Kier alpha value is -4.43.